The summed E-state index contributed by atoms with van der Waals surface area (Å²) in [5.41, 5.74) is 11.0. The van der Waals surface area contributed by atoms with Gasteiger partial charge in [0.15, 0.2) is 12.0 Å². The van der Waals surface area contributed by atoms with Gasteiger partial charge in [0, 0.05) is 6.54 Å². The molecule has 0 spiro atoms. The molecule has 0 heterocycles. The van der Waals surface area contributed by atoms with Gasteiger partial charge in [0.2, 0.25) is 17.7 Å². The van der Waals surface area contributed by atoms with Gasteiger partial charge in [0.25, 0.3) is 0 Å². The molecular weight excluding hydrogens is 523 g/mol. The highest BCUT2D eigenvalue weighted by molar-refractivity contribution is 5.96. The van der Waals surface area contributed by atoms with Gasteiger partial charge in [-0.1, -0.05) is 20.3 Å². The number of hydrogen-bond acceptors (Lipinski definition) is 10. The number of amides is 3. The number of carbonyl (C=O) groups excluding carboxylic acids is 5. The molecule has 0 aromatic rings. The zero-order valence-corrected chi connectivity index (χ0v) is 20.8. The van der Waals surface area contributed by atoms with Crippen molar-refractivity contribution in [1.82, 2.24) is 21.3 Å². The predicted molar refractivity (Wildman–Crippen MR) is 124 cm³/mol. The molecule has 0 unspecified atom stereocenters. The van der Waals surface area contributed by atoms with E-state index in [1.807, 2.05) is 0 Å². The molecule has 0 saturated carbocycles. The van der Waals surface area contributed by atoms with Gasteiger partial charge >= 0.3 is 18.1 Å². The summed E-state index contributed by atoms with van der Waals surface area (Å²) in [6.45, 7) is 1.28. The molecule has 15 nitrogen and oxygen atoms in total. The Morgan fingerprint density at radius 2 is 1.53 bits per heavy atom. The summed E-state index contributed by atoms with van der Waals surface area (Å²) in [7, 11) is 0. The lowest BCUT2D eigenvalue weighted by Crippen LogP contribution is -2.60. The number of ether oxygens (including phenoxy) is 1. The molecule has 218 valence electrons. The number of nitrogens with one attached hydrogen (secondary N) is 5. The Balaban J connectivity index is 5.27. The number of hydrogen-bond donors (Lipinski definition) is 9. The Morgan fingerprint density at radius 3 is 2.00 bits per heavy atom. The Labute approximate surface area is 215 Å². The normalized spacial score (nSPS) is 15.2. The highest BCUT2D eigenvalue weighted by Crippen LogP contribution is 2.16. The minimum Gasteiger partial charge on any atom is -0.394 e. The maximum atomic E-state index is 12.8. The Morgan fingerprint density at radius 1 is 0.974 bits per heavy atom. The van der Waals surface area contributed by atoms with Crippen molar-refractivity contribution in [2.45, 2.75) is 63.5 Å². The van der Waals surface area contributed by atoms with Gasteiger partial charge in [0.1, 0.15) is 12.1 Å². The van der Waals surface area contributed by atoms with Crippen molar-refractivity contribution >= 4 is 35.6 Å². The molecule has 18 heteroatoms. The summed E-state index contributed by atoms with van der Waals surface area (Å²) in [5.74, 6) is -8.47. The first-order chi connectivity index (χ1) is 17.6. The van der Waals surface area contributed by atoms with Gasteiger partial charge < -0.3 is 47.7 Å². The van der Waals surface area contributed by atoms with Gasteiger partial charge in [-0.2, -0.15) is 13.2 Å². The molecule has 0 aliphatic carbocycles. The van der Waals surface area contributed by atoms with Crippen LogP contribution in [0.5, 0.6) is 0 Å². The lowest BCUT2D eigenvalue weighted by molar-refractivity contribution is -0.202. The average molecular weight is 558 g/mol. The van der Waals surface area contributed by atoms with E-state index in [9.17, 15) is 47.4 Å². The molecule has 5 atom stereocenters. The maximum Gasteiger partial charge on any atom is 0.491 e. The van der Waals surface area contributed by atoms with Crippen LogP contribution in [-0.2, 0) is 28.7 Å². The van der Waals surface area contributed by atoms with Crippen molar-refractivity contribution in [3.63, 3.8) is 0 Å². The molecule has 38 heavy (non-hydrogen) atoms. The molecule has 0 rings (SSSR count). The molecule has 0 fully saturated rings. The van der Waals surface area contributed by atoms with E-state index in [-0.39, 0.29) is 18.9 Å². The van der Waals surface area contributed by atoms with Crippen molar-refractivity contribution in [1.29, 1.82) is 5.41 Å². The Bertz CT molecular complexity index is 859. The molecular formula is C20H34F3N7O8. The van der Waals surface area contributed by atoms with Crippen LogP contribution in [-0.4, -0.2) is 95.9 Å². The summed E-state index contributed by atoms with van der Waals surface area (Å²) in [6, 6.07) is -6.15. The van der Waals surface area contributed by atoms with Crippen molar-refractivity contribution < 1.29 is 52.1 Å². The third-order valence-corrected chi connectivity index (χ3v) is 5.16. The van der Waals surface area contributed by atoms with Crippen LogP contribution in [0.25, 0.3) is 0 Å². The Kier molecular flexibility index (Phi) is 14.8. The number of esters is 2. The van der Waals surface area contributed by atoms with E-state index >= 15 is 0 Å². The quantitative estimate of drug-likeness (QED) is 0.0316. The number of aliphatic hydroxyl groups is 2. The average Bonchev–Trinajstić information content (AvgIpc) is 2.84. The second kappa shape index (κ2) is 16.4. The lowest BCUT2D eigenvalue weighted by atomic mass is 9.97. The minimum absolute atomic E-state index is 0.179. The van der Waals surface area contributed by atoms with Gasteiger partial charge in [-0.05, 0) is 18.8 Å². The van der Waals surface area contributed by atoms with E-state index in [0.717, 1.165) is 0 Å². The monoisotopic (exact) mass is 557 g/mol. The van der Waals surface area contributed by atoms with Crippen LogP contribution in [0.2, 0.25) is 0 Å². The number of rotatable bonds is 15. The smallest absolute Gasteiger partial charge is 0.394 e. The van der Waals surface area contributed by atoms with E-state index in [2.05, 4.69) is 20.7 Å². The molecule has 0 saturated heterocycles. The van der Waals surface area contributed by atoms with E-state index in [4.69, 9.17) is 16.9 Å². The largest absolute Gasteiger partial charge is 0.491 e. The molecule has 0 radical (unpaired) electrons. The van der Waals surface area contributed by atoms with Crippen molar-refractivity contribution in [2.75, 3.05) is 19.8 Å². The molecule has 0 aliphatic heterocycles. The fourth-order valence-corrected chi connectivity index (χ4v) is 2.77. The SMILES string of the molecule is CC[C@H](C)[C@H](NC(=O)[C@H](N)CCCNC(=N)N)C(=O)N[C@@H](CO)C(=O)N[C@@H](CO)C(=O)OC(=O)C(F)(F)F. The summed E-state index contributed by atoms with van der Waals surface area (Å²) in [5, 5.41) is 34.7. The first-order valence-corrected chi connectivity index (χ1v) is 11.4. The van der Waals surface area contributed by atoms with Crippen LogP contribution >= 0.6 is 0 Å². The highest BCUT2D eigenvalue weighted by Gasteiger charge is 2.43. The lowest BCUT2D eigenvalue weighted by Gasteiger charge is -2.27. The number of halogens is 3. The van der Waals surface area contributed by atoms with Gasteiger partial charge in [-0.3, -0.25) is 19.8 Å². The predicted octanol–water partition coefficient (Wildman–Crippen LogP) is -3.31. The number of alkyl halides is 3. The Hall–Kier alpha value is -3.51. The fourth-order valence-electron chi connectivity index (χ4n) is 2.77. The standard InChI is InChI=1S/C20H34F3N7O8/c1-3-9(2)13(30-14(33)10(24)5-4-6-27-19(25)26)16(35)28-11(7-31)15(34)29-12(8-32)17(36)38-18(37)20(21,22)23/h9-13,31-32H,3-8,24H2,1-2H3,(H,28,35)(H,29,34)(H,30,33)(H4,25,26,27)/t9-,10+,11-,12-,13-/m0/s1. The number of carbonyl (C=O) groups is 5. The summed E-state index contributed by atoms with van der Waals surface area (Å²) in [6.07, 6.45) is -4.56. The maximum absolute atomic E-state index is 12.8. The number of guanidine groups is 1. The number of nitrogens with two attached hydrogens (primary N) is 2. The summed E-state index contributed by atoms with van der Waals surface area (Å²) < 4.78 is 40.4. The van der Waals surface area contributed by atoms with Crippen LogP contribution in [0.15, 0.2) is 0 Å². The van der Waals surface area contributed by atoms with Crippen molar-refractivity contribution in [3.8, 4) is 0 Å². The van der Waals surface area contributed by atoms with E-state index in [1.54, 1.807) is 19.2 Å². The third-order valence-electron chi connectivity index (χ3n) is 5.16. The van der Waals surface area contributed by atoms with Crippen LogP contribution in [0, 0.1) is 11.3 Å². The molecule has 11 N–H and O–H groups in total. The van der Waals surface area contributed by atoms with E-state index < -0.39 is 79.1 Å². The molecule has 0 bridgehead atoms. The zero-order chi connectivity index (χ0) is 29.6. The summed E-state index contributed by atoms with van der Waals surface area (Å²) >= 11 is 0. The highest BCUT2D eigenvalue weighted by atomic mass is 19.4. The van der Waals surface area contributed by atoms with E-state index in [1.165, 1.54) is 0 Å². The topological polar surface area (TPSA) is 259 Å². The number of aliphatic hydroxyl groups excluding tert-OH is 2. The molecule has 0 aliphatic rings. The van der Waals surface area contributed by atoms with Crippen molar-refractivity contribution in [2.24, 2.45) is 17.4 Å². The fraction of sp³-hybridized carbons (Fsp3) is 0.700. The van der Waals surface area contributed by atoms with Crippen LogP contribution in [0.3, 0.4) is 0 Å². The third kappa shape index (κ3) is 12.2. The molecule has 0 aromatic heterocycles. The van der Waals surface area contributed by atoms with Crippen LogP contribution in [0.1, 0.15) is 33.1 Å². The second-order valence-corrected chi connectivity index (χ2v) is 8.15. The first kappa shape index (κ1) is 34.5. The minimum atomic E-state index is -5.51. The van der Waals surface area contributed by atoms with Gasteiger partial charge in [0.05, 0.1) is 19.3 Å². The van der Waals surface area contributed by atoms with Crippen LogP contribution in [0.4, 0.5) is 13.2 Å². The van der Waals surface area contributed by atoms with Crippen LogP contribution < -0.4 is 32.7 Å². The molecule has 0 aromatic carbocycles. The molecule has 3 amide bonds. The zero-order valence-electron chi connectivity index (χ0n) is 20.8. The van der Waals surface area contributed by atoms with Crippen molar-refractivity contribution in [3.05, 3.63) is 0 Å². The second-order valence-electron chi connectivity index (χ2n) is 8.15. The van der Waals surface area contributed by atoms with E-state index in [0.29, 0.717) is 12.8 Å². The first-order valence-electron chi connectivity index (χ1n) is 11.4. The summed E-state index contributed by atoms with van der Waals surface area (Å²) in [4.78, 5) is 60.2. The van der Waals surface area contributed by atoms with Gasteiger partial charge in [-0.15, -0.1) is 0 Å². The van der Waals surface area contributed by atoms with Gasteiger partial charge in [-0.25, -0.2) is 9.59 Å².